The highest BCUT2D eigenvalue weighted by molar-refractivity contribution is 5.09. The van der Waals surface area contributed by atoms with Gasteiger partial charge in [-0.3, -0.25) is 9.80 Å². The second-order valence-electron chi connectivity index (χ2n) is 15.0. The molecule has 2 nitrogen and oxygen atoms in total. The summed E-state index contributed by atoms with van der Waals surface area (Å²) in [5.74, 6) is 3.73. The lowest BCUT2D eigenvalue weighted by Gasteiger charge is -2.64. The molecule has 6 unspecified atom stereocenters. The summed E-state index contributed by atoms with van der Waals surface area (Å²) in [4.78, 5) is 6.25. The van der Waals surface area contributed by atoms with E-state index in [0.717, 1.165) is 41.8 Å². The molecule has 0 aromatic rings. The predicted molar refractivity (Wildman–Crippen MR) is 142 cm³/mol. The fourth-order valence-corrected chi connectivity index (χ4v) is 10.9. The molecule has 5 fully saturated rings. The Kier molecular flexibility index (Phi) is 6.55. The molecule has 3 aliphatic carbocycles. The third-order valence-corrected chi connectivity index (χ3v) is 11.7. The van der Waals surface area contributed by atoms with Crippen LogP contribution in [0.1, 0.15) is 138 Å². The number of piperidine rings is 2. The standard InChI is InChI=1S/C31H56N2/c1-22-20-29(3,4)32(27-14-10-8-12-25(22)27)24-16-18-31(7,19-17-24)33-28-15-11-9-13-26(28)23(2)21-30(33,5)6/h22-28H,8-21H2,1-7H3. The molecule has 0 radical (unpaired) electrons. The minimum atomic E-state index is 0.355. The first kappa shape index (κ1) is 24.6. The summed E-state index contributed by atoms with van der Waals surface area (Å²) in [6, 6.07) is 2.52. The van der Waals surface area contributed by atoms with Gasteiger partial charge < -0.3 is 0 Å². The van der Waals surface area contributed by atoms with Gasteiger partial charge in [-0.1, -0.05) is 39.5 Å². The number of hydrogen-bond acceptors (Lipinski definition) is 2. The second-order valence-corrected chi connectivity index (χ2v) is 15.0. The SMILES string of the molecule is CC1CC(C)(C)N(C2CCC(C)(N3C4CCCCC4C(C)CC3(C)C)CC2)C2CCCCC12. The highest BCUT2D eigenvalue weighted by Gasteiger charge is 2.55. The van der Waals surface area contributed by atoms with Crippen LogP contribution in [0, 0.1) is 23.7 Å². The van der Waals surface area contributed by atoms with Crippen molar-refractivity contribution in [3.8, 4) is 0 Å². The number of fused-ring (bicyclic) bond motifs is 2. The molecule has 6 atom stereocenters. The van der Waals surface area contributed by atoms with E-state index in [1.807, 2.05) is 0 Å². The summed E-state index contributed by atoms with van der Waals surface area (Å²) >= 11 is 0. The van der Waals surface area contributed by atoms with Crippen molar-refractivity contribution in [1.82, 2.24) is 9.80 Å². The molecule has 0 spiro atoms. The van der Waals surface area contributed by atoms with Crippen LogP contribution in [0.2, 0.25) is 0 Å². The van der Waals surface area contributed by atoms with Crippen LogP contribution in [-0.4, -0.2) is 44.5 Å². The smallest absolute Gasteiger partial charge is 0.0190 e. The van der Waals surface area contributed by atoms with Crippen molar-refractivity contribution in [1.29, 1.82) is 0 Å². The first-order chi connectivity index (χ1) is 15.5. The Morgan fingerprint density at radius 2 is 1.06 bits per heavy atom. The van der Waals surface area contributed by atoms with Gasteiger partial charge in [0.15, 0.2) is 0 Å². The van der Waals surface area contributed by atoms with E-state index >= 15 is 0 Å². The van der Waals surface area contributed by atoms with E-state index < -0.39 is 0 Å². The molecule has 5 aliphatic rings. The van der Waals surface area contributed by atoms with Gasteiger partial charge in [-0.05, 0) is 122 Å². The fourth-order valence-electron chi connectivity index (χ4n) is 10.9. The van der Waals surface area contributed by atoms with Crippen molar-refractivity contribution in [2.75, 3.05) is 0 Å². The van der Waals surface area contributed by atoms with E-state index in [1.165, 1.54) is 89.9 Å². The highest BCUT2D eigenvalue weighted by Crippen LogP contribution is 2.53. The van der Waals surface area contributed by atoms with Crippen LogP contribution in [0.3, 0.4) is 0 Å². The maximum Gasteiger partial charge on any atom is 0.0190 e. The Balaban J connectivity index is 1.35. The largest absolute Gasteiger partial charge is 0.292 e. The van der Waals surface area contributed by atoms with Crippen LogP contribution >= 0.6 is 0 Å². The number of rotatable bonds is 2. The van der Waals surface area contributed by atoms with Gasteiger partial charge in [-0.25, -0.2) is 0 Å². The molecule has 0 N–H and O–H groups in total. The average molecular weight is 457 g/mol. The van der Waals surface area contributed by atoms with Gasteiger partial charge in [0.05, 0.1) is 0 Å². The zero-order valence-corrected chi connectivity index (χ0v) is 23.3. The fraction of sp³-hybridized carbons (Fsp3) is 1.00. The van der Waals surface area contributed by atoms with Crippen LogP contribution in [0.25, 0.3) is 0 Å². The van der Waals surface area contributed by atoms with Crippen molar-refractivity contribution in [3.05, 3.63) is 0 Å². The van der Waals surface area contributed by atoms with Gasteiger partial charge in [-0.15, -0.1) is 0 Å². The number of likely N-dealkylation sites (tertiary alicyclic amines) is 2. The van der Waals surface area contributed by atoms with Gasteiger partial charge in [0.25, 0.3) is 0 Å². The molecule has 0 aromatic carbocycles. The van der Waals surface area contributed by atoms with Crippen molar-refractivity contribution in [3.63, 3.8) is 0 Å². The van der Waals surface area contributed by atoms with Gasteiger partial charge in [0.1, 0.15) is 0 Å². The number of nitrogens with zero attached hydrogens (tertiary/aromatic N) is 2. The topological polar surface area (TPSA) is 6.48 Å². The van der Waals surface area contributed by atoms with Gasteiger partial charge in [0, 0.05) is 34.7 Å². The lowest BCUT2D eigenvalue weighted by molar-refractivity contribution is -0.145. The van der Waals surface area contributed by atoms with Gasteiger partial charge >= 0.3 is 0 Å². The Morgan fingerprint density at radius 3 is 1.67 bits per heavy atom. The molecule has 3 saturated carbocycles. The molecule has 0 amide bonds. The Labute approximate surface area is 206 Å². The summed E-state index contributed by atoms with van der Waals surface area (Å²) < 4.78 is 0. The molecule has 2 aliphatic heterocycles. The molecular weight excluding hydrogens is 400 g/mol. The summed E-state index contributed by atoms with van der Waals surface area (Å²) in [6.45, 7) is 18.2. The molecule has 190 valence electrons. The average Bonchev–Trinajstić information content (AvgIpc) is 2.74. The van der Waals surface area contributed by atoms with E-state index in [4.69, 9.17) is 0 Å². The van der Waals surface area contributed by atoms with Crippen molar-refractivity contribution in [2.45, 2.75) is 173 Å². The molecule has 2 heteroatoms. The summed E-state index contributed by atoms with van der Waals surface area (Å²) in [5, 5.41) is 0. The molecule has 5 rings (SSSR count). The molecule has 2 saturated heterocycles. The van der Waals surface area contributed by atoms with Crippen LogP contribution in [-0.2, 0) is 0 Å². The Bertz CT molecular complexity index is 687. The first-order valence-electron chi connectivity index (χ1n) is 15.1. The summed E-state index contributed by atoms with van der Waals surface area (Å²) in [5.41, 5.74) is 1.14. The van der Waals surface area contributed by atoms with Gasteiger partial charge in [-0.2, -0.15) is 0 Å². The van der Waals surface area contributed by atoms with Crippen molar-refractivity contribution in [2.24, 2.45) is 23.7 Å². The monoisotopic (exact) mass is 456 g/mol. The molecule has 0 bridgehead atoms. The van der Waals surface area contributed by atoms with Crippen LogP contribution in [0.5, 0.6) is 0 Å². The highest BCUT2D eigenvalue weighted by atomic mass is 15.3. The first-order valence-corrected chi connectivity index (χ1v) is 15.1. The van der Waals surface area contributed by atoms with E-state index in [1.54, 1.807) is 0 Å². The van der Waals surface area contributed by atoms with Crippen molar-refractivity contribution >= 4 is 0 Å². The van der Waals surface area contributed by atoms with E-state index in [-0.39, 0.29) is 0 Å². The van der Waals surface area contributed by atoms with Crippen LogP contribution in [0.4, 0.5) is 0 Å². The quantitative estimate of drug-likeness (QED) is 0.415. The van der Waals surface area contributed by atoms with E-state index in [0.29, 0.717) is 16.6 Å². The lowest BCUT2D eigenvalue weighted by atomic mass is 9.63. The summed E-state index contributed by atoms with van der Waals surface area (Å²) in [7, 11) is 0. The predicted octanol–water partition coefficient (Wildman–Crippen LogP) is 8.05. The van der Waals surface area contributed by atoms with Crippen molar-refractivity contribution < 1.29 is 0 Å². The maximum atomic E-state index is 3.13. The van der Waals surface area contributed by atoms with E-state index in [9.17, 15) is 0 Å². The third kappa shape index (κ3) is 4.26. The zero-order valence-electron chi connectivity index (χ0n) is 23.3. The molecule has 2 heterocycles. The molecular formula is C31H56N2. The third-order valence-electron chi connectivity index (χ3n) is 11.7. The minimum Gasteiger partial charge on any atom is -0.292 e. The second kappa shape index (κ2) is 8.79. The normalized spacial score (nSPS) is 48.6. The molecule has 33 heavy (non-hydrogen) atoms. The lowest BCUT2D eigenvalue weighted by Crippen LogP contribution is -2.69. The van der Waals surface area contributed by atoms with E-state index in [2.05, 4.69) is 58.3 Å². The van der Waals surface area contributed by atoms with Crippen LogP contribution in [0.15, 0.2) is 0 Å². The number of hydrogen-bond donors (Lipinski definition) is 0. The maximum absolute atomic E-state index is 3.13. The molecule has 0 aromatic heterocycles. The van der Waals surface area contributed by atoms with Gasteiger partial charge in [0.2, 0.25) is 0 Å². The minimum absolute atomic E-state index is 0.355. The Morgan fingerprint density at radius 1 is 0.576 bits per heavy atom. The zero-order chi connectivity index (χ0) is 23.6. The summed E-state index contributed by atoms with van der Waals surface area (Å²) in [6.07, 6.45) is 20.3. The van der Waals surface area contributed by atoms with Crippen LogP contribution < -0.4 is 0 Å². The Hall–Kier alpha value is -0.0800.